The third-order valence-electron chi connectivity index (χ3n) is 5.80. The lowest BCUT2D eigenvalue weighted by Crippen LogP contribution is -2.35. The molecule has 1 aromatic rings. The van der Waals surface area contributed by atoms with Crippen LogP contribution in [0.2, 0.25) is 0 Å². The number of allylic oxidation sites excluding steroid dienone is 1. The molecule has 1 aliphatic carbocycles. The molecule has 1 amide bonds. The van der Waals surface area contributed by atoms with Crippen LogP contribution in [0.1, 0.15) is 50.6 Å². The largest absolute Gasteiger partial charge is 0.490 e. The molecule has 3 N–H and O–H groups in total. The first-order valence-corrected chi connectivity index (χ1v) is 12.7. The minimum Gasteiger partial charge on any atom is -0.490 e. The number of nitrogens with zero attached hydrogens (tertiary/aromatic N) is 1. The van der Waals surface area contributed by atoms with Gasteiger partial charge in [-0.05, 0) is 49.8 Å². The fourth-order valence-electron chi connectivity index (χ4n) is 3.95. The zero-order chi connectivity index (χ0) is 23.1. The van der Waals surface area contributed by atoms with Crippen molar-refractivity contribution in [3.63, 3.8) is 0 Å². The number of hydrogen-bond donors (Lipinski definition) is 3. The van der Waals surface area contributed by atoms with E-state index < -0.39 is 28.2 Å². The van der Waals surface area contributed by atoms with Gasteiger partial charge in [-0.15, -0.1) is 0 Å². The molecule has 2 atom stereocenters. The molecule has 0 aromatic heterocycles. The molecule has 1 aromatic carbocycles. The Morgan fingerprint density at radius 2 is 2.09 bits per heavy atom. The van der Waals surface area contributed by atoms with Crippen molar-refractivity contribution < 1.29 is 27.4 Å². The summed E-state index contributed by atoms with van der Waals surface area (Å²) in [5.41, 5.74) is 0.632. The summed E-state index contributed by atoms with van der Waals surface area (Å²) in [7, 11) is -3.56. The SMILES string of the molecule is C[C@@H](NS(=O)(=O)CC/C=C/CN1CC(=O)NC1O)c1ccc(F)c(OCC2CCCC2)c1. The van der Waals surface area contributed by atoms with Gasteiger partial charge in [-0.1, -0.05) is 31.1 Å². The molecule has 1 saturated carbocycles. The number of nitrogens with one attached hydrogen (secondary N) is 2. The Kier molecular flexibility index (Phi) is 8.64. The predicted molar refractivity (Wildman–Crippen MR) is 119 cm³/mol. The van der Waals surface area contributed by atoms with Gasteiger partial charge >= 0.3 is 0 Å². The first kappa shape index (κ1) is 24.6. The number of benzene rings is 1. The summed E-state index contributed by atoms with van der Waals surface area (Å²) in [5, 5.41) is 12.0. The normalized spacial score (nSPS) is 21.3. The van der Waals surface area contributed by atoms with Crippen molar-refractivity contribution in [3.05, 3.63) is 41.7 Å². The first-order chi connectivity index (χ1) is 15.2. The molecule has 1 heterocycles. The summed E-state index contributed by atoms with van der Waals surface area (Å²) in [4.78, 5) is 12.7. The molecule has 0 bridgehead atoms. The number of carbonyl (C=O) groups excluding carboxylic acids is 1. The Morgan fingerprint density at radius 3 is 2.78 bits per heavy atom. The van der Waals surface area contributed by atoms with Crippen LogP contribution < -0.4 is 14.8 Å². The van der Waals surface area contributed by atoms with Crippen LogP contribution in [0.5, 0.6) is 5.75 Å². The minimum absolute atomic E-state index is 0.104. The molecule has 3 rings (SSSR count). The molecule has 8 nitrogen and oxygen atoms in total. The molecule has 1 aliphatic heterocycles. The molecule has 1 saturated heterocycles. The maximum atomic E-state index is 14.1. The van der Waals surface area contributed by atoms with E-state index in [9.17, 15) is 22.7 Å². The molecular formula is C22H32FN3O5S. The Hall–Kier alpha value is -2.01. The maximum absolute atomic E-state index is 14.1. The summed E-state index contributed by atoms with van der Waals surface area (Å²) >= 11 is 0. The average molecular weight is 470 g/mol. The number of aliphatic hydroxyl groups excluding tert-OH is 1. The number of carbonyl (C=O) groups is 1. The highest BCUT2D eigenvalue weighted by molar-refractivity contribution is 7.89. The lowest BCUT2D eigenvalue weighted by molar-refractivity contribution is -0.119. The van der Waals surface area contributed by atoms with E-state index in [1.165, 1.54) is 23.8 Å². The van der Waals surface area contributed by atoms with Gasteiger partial charge in [-0.25, -0.2) is 22.4 Å². The molecule has 178 valence electrons. The summed E-state index contributed by atoms with van der Waals surface area (Å²) in [6.45, 7) is 2.63. The van der Waals surface area contributed by atoms with Crippen LogP contribution in [0.15, 0.2) is 30.4 Å². The van der Waals surface area contributed by atoms with E-state index in [1.807, 2.05) is 0 Å². The van der Waals surface area contributed by atoms with E-state index in [-0.39, 0.29) is 30.4 Å². The number of amides is 1. The Labute approximate surface area is 188 Å². The smallest absolute Gasteiger partial charge is 0.237 e. The third-order valence-corrected chi connectivity index (χ3v) is 7.29. The second-order valence-electron chi connectivity index (χ2n) is 8.44. The van der Waals surface area contributed by atoms with Crippen LogP contribution in [0.3, 0.4) is 0 Å². The molecule has 0 radical (unpaired) electrons. The second kappa shape index (κ2) is 11.2. The molecule has 10 heteroatoms. The van der Waals surface area contributed by atoms with Crippen molar-refractivity contribution in [2.24, 2.45) is 5.92 Å². The number of aliphatic hydroxyl groups is 1. The van der Waals surface area contributed by atoms with Gasteiger partial charge in [0.1, 0.15) is 0 Å². The minimum atomic E-state index is -3.56. The zero-order valence-electron chi connectivity index (χ0n) is 18.3. The van der Waals surface area contributed by atoms with Crippen molar-refractivity contribution in [2.75, 3.05) is 25.4 Å². The van der Waals surface area contributed by atoms with E-state index in [0.29, 0.717) is 24.6 Å². The average Bonchev–Trinajstić information content (AvgIpc) is 3.35. The number of ether oxygens (including phenoxy) is 1. The van der Waals surface area contributed by atoms with Crippen LogP contribution >= 0.6 is 0 Å². The van der Waals surface area contributed by atoms with Gasteiger partial charge < -0.3 is 15.2 Å². The summed E-state index contributed by atoms with van der Waals surface area (Å²) in [6.07, 6.45) is 7.25. The van der Waals surface area contributed by atoms with E-state index in [1.54, 1.807) is 31.2 Å². The van der Waals surface area contributed by atoms with Gasteiger partial charge in [0.2, 0.25) is 15.9 Å². The maximum Gasteiger partial charge on any atom is 0.237 e. The van der Waals surface area contributed by atoms with E-state index in [0.717, 1.165) is 12.8 Å². The van der Waals surface area contributed by atoms with Crippen LogP contribution in [0.25, 0.3) is 0 Å². The monoisotopic (exact) mass is 469 g/mol. The van der Waals surface area contributed by atoms with E-state index in [2.05, 4.69) is 10.0 Å². The van der Waals surface area contributed by atoms with Crippen LogP contribution in [0.4, 0.5) is 4.39 Å². The second-order valence-corrected chi connectivity index (χ2v) is 10.3. The summed E-state index contributed by atoms with van der Waals surface area (Å²) in [5.74, 6) is -0.209. The molecular weight excluding hydrogens is 437 g/mol. The van der Waals surface area contributed by atoms with Crippen LogP contribution in [-0.2, 0) is 14.8 Å². The van der Waals surface area contributed by atoms with Gasteiger partial charge in [-0.3, -0.25) is 4.79 Å². The standard InChI is InChI=1S/C22H32FN3O5S/c1-16(18-9-10-19(23)20(13-18)31-15-17-7-3-4-8-17)25-32(29,30)12-6-2-5-11-26-14-21(27)24-22(26)28/h2,5,9-10,13,16-17,22,25,28H,3-4,6-8,11-12,14-15H2,1H3,(H,24,27)/b5-2+/t16-,22?/m1/s1. The van der Waals surface area contributed by atoms with Gasteiger partial charge in [0.25, 0.3) is 0 Å². The quantitative estimate of drug-likeness (QED) is 0.428. The molecule has 2 fully saturated rings. The van der Waals surface area contributed by atoms with Crippen molar-refractivity contribution in [3.8, 4) is 5.75 Å². The molecule has 32 heavy (non-hydrogen) atoms. The molecule has 2 aliphatic rings. The highest BCUT2D eigenvalue weighted by Crippen LogP contribution is 2.28. The van der Waals surface area contributed by atoms with Crippen molar-refractivity contribution in [1.29, 1.82) is 0 Å². The van der Waals surface area contributed by atoms with Gasteiger partial charge in [0.05, 0.1) is 18.9 Å². The summed E-state index contributed by atoms with van der Waals surface area (Å²) in [6, 6.07) is 3.89. The van der Waals surface area contributed by atoms with E-state index >= 15 is 0 Å². The number of sulfonamides is 1. The fourth-order valence-corrected chi connectivity index (χ4v) is 5.19. The van der Waals surface area contributed by atoms with Crippen LogP contribution in [-0.4, -0.2) is 56.1 Å². The van der Waals surface area contributed by atoms with Crippen LogP contribution in [0, 0.1) is 11.7 Å². The molecule has 1 unspecified atom stereocenters. The third kappa shape index (κ3) is 7.26. The van der Waals surface area contributed by atoms with Gasteiger partial charge in [-0.2, -0.15) is 0 Å². The fraction of sp³-hybridized carbons (Fsp3) is 0.591. The van der Waals surface area contributed by atoms with Crippen molar-refractivity contribution >= 4 is 15.9 Å². The predicted octanol–water partition coefficient (Wildman–Crippen LogP) is 2.03. The lowest BCUT2D eigenvalue weighted by Gasteiger charge is -2.17. The summed E-state index contributed by atoms with van der Waals surface area (Å²) < 4.78 is 47.3. The van der Waals surface area contributed by atoms with Gasteiger partial charge in [0.15, 0.2) is 17.9 Å². The van der Waals surface area contributed by atoms with Gasteiger partial charge in [0, 0.05) is 12.6 Å². The lowest BCUT2D eigenvalue weighted by atomic mass is 10.1. The first-order valence-electron chi connectivity index (χ1n) is 11.0. The van der Waals surface area contributed by atoms with E-state index in [4.69, 9.17) is 4.74 Å². The Balaban J connectivity index is 1.47. The number of halogens is 1. The number of hydrogen-bond acceptors (Lipinski definition) is 6. The zero-order valence-corrected chi connectivity index (χ0v) is 19.1. The highest BCUT2D eigenvalue weighted by Gasteiger charge is 2.26. The molecule has 0 spiro atoms. The van der Waals surface area contributed by atoms with Crippen molar-refractivity contribution in [2.45, 2.75) is 51.4 Å². The topological polar surface area (TPSA) is 108 Å². The highest BCUT2D eigenvalue weighted by atomic mass is 32.2. The van der Waals surface area contributed by atoms with Crippen molar-refractivity contribution in [1.82, 2.24) is 14.9 Å². The Morgan fingerprint density at radius 1 is 1.34 bits per heavy atom. The Bertz CT molecular complexity index is 918. The number of rotatable bonds is 11.